The van der Waals surface area contributed by atoms with Crippen molar-refractivity contribution in [3.63, 3.8) is 0 Å². The van der Waals surface area contributed by atoms with Gasteiger partial charge < -0.3 is 5.11 Å². The van der Waals surface area contributed by atoms with E-state index >= 15 is 0 Å². The van der Waals surface area contributed by atoms with E-state index in [9.17, 15) is 14.3 Å². The molecule has 0 saturated carbocycles. The number of aromatic nitrogens is 2. The van der Waals surface area contributed by atoms with Crippen molar-refractivity contribution in [2.45, 2.75) is 25.7 Å². The summed E-state index contributed by atoms with van der Waals surface area (Å²) in [7, 11) is 0. The maximum absolute atomic E-state index is 13.2. The fraction of sp³-hybridized carbons (Fsp3) is 0.200. The van der Waals surface area contributed by atoms with E-state index in [4.69, 9.17) is 0 Å². The van der Waals surface area contributed by atoms with E-state index in [1.165, 1.54) is 12.1 Å². The van der Waals surface area contributed by atoms with Gasteiger partial charge >= 0.3 is 0 Å². The predicted octanol–water partition coefficient (Wildman–Crippen LogP) is 3.94. The zero-order valence-corrected chi connectivity index (χ0v) is 13.7. The Balaban J connectivity index is 1.81. The Morgan fingerprint density at radius 3 is 2.56 bits per heavy atom. The lowest BCUT2D eigenvalue weighted by molar-refractivity contribution is 0.0963. The smallest absolute Gasteiger partial charge is 0.167 e. The molecule has 1 aliphatic carbocycles. The third-order valence-corrected chi connectivity index (χ3v) is 4.75. The van der Waals surface area contributed by atoms with Crippen molar-refractivity contribution in [2.24, 2.45) is 0 Å². The molecule has 1 aromatic heterocycles. The van der Waals surface area contributed by atoms with Crippen LogP contribution in [0.4, 0.5) is 4.39 Å². The predicted molar refractivity (Wildman–Crippen MR) is 91.8 cm³/mol. The van der Waals surface area contributed by atoms with E-state index in [1.54, 1.807) is 28.9 Å². The molecule has 4 nitrogen and oxygen atoms in total. The summed E-state index contributed by atoms with van der Waals surface area (Å²) in [5.74, 6) is -0.185. The van der Waals surface area contributed by atoms with Gasteiger partial charge in [-0.15, -0.1) is 0 Å². The minimum absolute atomic E-state index is 0.0281. The summed E-state index contributed by atoms with van der Waals surface area (Å²) in [6, 6.07) is 13.2. The van der Waals surface area contributed by atoms with Gasteiger partial charge in [0.15, 0.2) is 5.78 Å². The van der Waals surface area contributed by atoms with E-state index in [0.29, 0.717) is 24.1 Å². The summed E-state index contributed by atoms with van der Waals surface area (Å²) in [6.45, 7) is 1.82. The minimum Gasteiger partial charge on any atom is -0.508 e. The van der Waals surface area contributed by atoms with Crippen LogP contribution in [0.1, 0.15) is 39.6 Å². The first-order valence-corrected chi connectivity index (χ1v) is 8.20. The van der Waals surface area contributed by atoms with Crippen LogP contribution < -0.4 is 0 Å². The van der Waals surface area contributed by atoms with Gasteiger partial charge in [-0.05, 0) is 49.2 Å². The first-order chi connectivity index (χ1) is 12.0. The number of carbonyl (C=O) groups is 1. The molecule has 0 aliphatic heterocycles. The van der Waals surface area contributed by atoms with Crippen molar-refractivity contribution in [1.29, 1.82) is 0 Å². The molecule has 4 rings (SSSR count). The summed E-state index contributed by atoms with van der Waals surface area (Å²) < 4.78 is 14.9. The number of aromatic hydroxyl groups is 1. The first kappa shape index (κ1) is 15.6. The van der Waals surface area contributed by atoms with Crippen LogP contribution >= 0.6 is 0 Å². The molecular formula is C20H17FN2O2. The first-order valence-electron chi connectivity index (χ1n) is 8.20. The monoisotopic (exact) mass is 336 g/mol. The maximum atomic E-state index is 13.2. The molecule has 0 fully saturated rings. The lowest BCUT2D eigenvalue weighted by Gasteiger charge is -2.23. The molecule has 126 valence electrons. The van der Waals surface area contributed by atoms with Gasteiger partial charge in [-0.25, -0.2) is 9.07 Å². The zero-order valence-electron chi connectivity index (χ0n) is 13.7. The number of rotatable bonds is 2. The quantitative estimate of drug-likeness (QED) is 0.771. The van der Waals surface area contributed by atoms with Gasteiger partial charge in [0.1, 0.15) is 11.6 Å². The van der Waals surface area contributed by atoms with Gasteiger partial charge in [-0.2, -0.15) is 5.10 Å². The highest BCUT2D eigenvalue weighted by Crippen LogP contribution is 2.38. The fourth-order valence-corrected chi connectivity index (χ4v) is 3.61. The number of nitrogens with zero attached hydrogens (tertiary/aromatic N) is 2. The molecular weight excluding hydrogens is 319 g/mol. The molecule has 0 bridgehead atoms. The molecule has 0 radical (unpaired) electrons. The highest BCUT2D eigenvalue weighted by Gasteiger charge is 2.33. The molecule has 25 heavy (non-hydrogen) atoms. The number of phenolic OH excluding ortho intramolecular Hbond substituents is 1. The topological polar surface area (TPSA) is 55.1 Å². The van der Waals surface area contributed by atoms with Gasteiger partial charge in [0.05, 0.1) is 22.6 Å². The van der Waals surface area contributed by atoms with E-state index in [1.807, 2.05) is 19.1 Å². The largest absolute Gasteiger partial charge is 0.508 e. The number of benzene rings is 2. The average Bonchev–Trinajstić information content (AvgIpc) is 2.93. The standard InChI is InChI=1S/C20H17FN2O2/c1-12-20-17(23(22-12)15-8-6-14(21)7-9-15)10-13(11-19(20)25)16-4-2-3-5-18(16)24/h2-9,13,24H,10-11H2,1H3. The van der Waals surface area contributed by atoms with Crippen molar-refractivity contribution in [1.82, 2.24) is 9.78 Å². The second kappa shape index (κ2) is 5.84. The summed E-state index contributed by atoms with van der Waals surface area (Å²) in [6.07, 6.45) is 0.942. The van der Waals surface area contributed by atoms with Gasteiger partial charge in [-0.1, -0.05) is 18.2 Å². The number of para-hydroxylation sites is 1. The SMILES string of the molecule is Cc1nn(-c2ccc(F)cc2)c2c1C(=O)CC(c1ccccc1O)C2. The van der Waals surface area contributed by atoms with Crippen LogP contribution in [-0.2, 0) is 6.42 Å². The normalized spacial score (nSPS) is 16.7. The van der Waals surface area contributed by atoms with Crippen LogP contribution in [0.15, 0.2) is 48.5 Å². The molecule has 0 saturated heterocycles. The number of phenols is 1. The Labute approximate surface area is 144 Å². The van der Waals surface area contributed by atoms with Crippen molar-refractivity contribution >= 4 is 5.78 Å². The number of aryl methyl sites for hydroxylation is 1. The number of halogens is 1. The highest BCUT2D eigenvalue weighted by molar-refractivity contribution is 6.00. The summed E-state index contributed by atoms with van der Waals surface area (Å²) >= 11 is 0. The van der Waals surface area contributed by atoms with Crippen molar-refractivity contribution in [2.75, 3.05) is 0 Å². The summed E-state index contributed by atoms with van der Waals surface area (Å²) in [5, 5.41) is 14.6. The minimum atomic E-state index is -0.315. The number of carbonyl (C=O) groups excluding carboxylic acids is 1. The Bertz CT molecular complexity index is 960. The number of hydrogen-bond donors (Lipinski definition) is 1. The molecule has 1 N–H and O–H groups in total. The molecule has 1 unspecified atom stereocenters. The lowest BCUT2D eigenvalue weighted by Crippen LogP contribution is -2.20. The van der Waals surface area contributed by atoms with Crippen LogP contribution in [0.3, 0.4) is 0 Å². The third kappa shape index (κ3) is 2.61. The third-order valence-electron chi connectivity index (χ3n) is 4.75. The number of hydrogen-bond acceptors (Lipinski definition) is 3. The van der Waals surface area contributed by atoms with E-state index in [0.717, 1.165) is 16.9 Å². The van der Waals surface area contributed by atoms with Gasteiger partial charge in [0.25, 0.3) is 0 Å². The van der Waals surface area contributed by atoms with Crippen molar-refractivity contribution < 1.29 is 14.3 Å². The van der Waals surface area contributed by atoms with Crippen molar-refractivity contribution in [3.8, 4) is 11.4 Å². The zero-order chi connectivity index (χ0) is 17.6. The van der Waals surface area contributed by atoms with Gasteiger partial charge in [-0.3, -0.25) is 4.79 Å². The maximum Gasteiger partial charge on any atom is 0.167 e. The molecule has 1 atom stereocenters. The van der Waals surface area contributed by atoms with Crippen LogP contribution in [-0.4, -0.2) is 20.7 Å². The number of fused-ring (bicyclic) bond motifs is 1. The Kier molecular flexibility index (Phi) is 3.64. The fourth-order valence-electron chi connectivity index (χ4n) is 3.61. The molecule has 3 aromatic rings. The van der Waals surface area contributed by atoms with E-state index < -0.39 is 0 Å². The Morgan fingerprint density at radius 1 is 1.12 bits per heavy atom. The van der Waals surface area contributed by atoms with Crippen molar-refractivity contribution in [3.05, 3.63) is 76.9 Å². The summed E-state index contributed by atoms with van der Waals surface area (Å²) in [5.41, 5.74) is 3.63. The molecule has 0 spiro atoms. The van der Waals surface area contributed by atoms with E-state index in [-0.39, 0.29) is 23.3 Å². The van der Waals surface area contributed by atoms with Gasteiger partial charge in [0, 0.05) is 12.3 Å². The Hall–Kier alpha value is -2.95. The van der Waals surface area contributed by atoms with Crippen LogP contribution in [0.2, 0.25) is 0 Å². The van der Waals surface area contributed by atoms with E-state index in [2.05, 4.69) is 5.10 Å². The molecule has 5 heteroatoms. The summed E-state index contributed by atoms with van der Waals surface area (Å²) in [4.78, 5) is 12.7. The number of Topliss-reactive ketones (excluding diaryl/α,β-unsaturated/α-hetero) is 1. The second-order valence-electron chi connectivity index (χ2n) is 6.38. The Morgan fingerprint density at radius 2 is 1.84 bits per heavy atom. The van der Waals surface area contributed by atoms with Crippen LogP contribution in [0, 0.1) is 12.7 Å². The molecule has 1 aliphatic rings. The molecule has 0 amide bonds. The lowest BCUT2D eigenvalue weighted by atomic mass is 9.81. The molecule has 1 heterocycles. The second-order valence-corrected chi connectivity index (χ2v) is 6.38. The molecule has 2 aromatic carbocycles. The number of ketones is 1. The average molecular weight is 336 g/mol. The van der Waals surface area contributed by atoms with Crippen LogP contribution in [0.5, 0.6) is 5.75 Å². The highest BCUT2D eigenvalue weighted by atomic mass is 19.1. The van der Waals surface area contributed by atoms with Crippen LogP contribution in [0.25, 0.3) is 5.69 Å². The van der Waals surface area contributed by atoms with Gasteiger partial charge in [0.2, 0.25) is 0 Å².